The third-order valence-corrected chi connectivity index (χ3v) is 4.14. The van der Waals surface area contributed by atoms with E-state index in [1.807, 2.05) is 0 Å². The maximum Gasteiger partial charge on any atom is 0.0585 e. The molecule has 0 aliphatic carbocycles. The molecule has 3 nitrogen and oxygen atoms in total. The van der Waals surface area contributed by atoms with Gasteiger partial charge in [-0.1, -0.05) is 0 Å². The lowest BCUT2D eigenvalue weighted by atomic mass is 9.79. The monoisotopic (exact) mass is 182 g/mol. The average Bonchev–Trinajstić information content (AvgIpc) is 2.64. The largest absolute Gasteiger partial charge is 0.395 e. The zero-order valence-electron chi connectivity index (χ0n) is 7.95. The minimum Gasteiger partial charge on any atom is -0.395 e. The summed E-state index contributed by atoms with van der Waals surface area (Å²) in [6, 6.07) is 1.81. The molecule has 3 atom stereocenters. The Hall–Kier alpha value is -0.120. The van der Waals surface area contributed by atoms with Crippen molar-refractivity contribution < 1.29 is 5.11 Å². The third-order valence-electron chi connectivity index (χ3n) is 4.14. The van der Waals surface area contributed by atoms with Gasteiger partial charge < -0.3 is 10.4 Å². The molecule has 2 bridgehead atoms. The molecule has 0 amide bonds. The molecule has 4 fully saturated rings. The van der Waals surface area contributed by atoms with Gasteiger partial charge in [0.15, 0.2) is 0 Å². The van der Waals surface area contributed by atoms with Gasteiger partial charge in [0.25, 0.3) is 0 Å². The number of piperidine rings is 3. The Labute approximate surface area is 79.1 Å². The predicted octanol–water partition coefficient (Wildman–Crippen LogP) is -0.197. The van der Waals surface area contributed by atoms with Crippen LogP contribution in [0, 0.1) is 5.92 Å². The molecular formula is C10H18N2O. The van der Waals surface area contributed by atoms with Gasteiger partial charge in [0, 0.05) is 18.1 Å². The summed E-state index contributed by atoms with van der Waals surface area (Å²) in [4.78, 5) is 2.62. The zero-order valence-corrected chi connectivity index (χ0v) is 7.95. The fraction of sp³-hybridized carbons (Fsp3) is 1.00. The number of aliphatic hydroxyl groups excluding tert-OH is 1. The molecule has 74 valence electrons. The minimum atomic E-state index is 0.313. The van der Waals surface area contributed by atoms with Gasteiger partial charge >= 0.3 is 0 Å². The highest BCUT2D eigenvalue weighted by Crippen LogP contribution is 2.37. The molecule has 2 N–H and O–H groups in total. The van der Waals surface area contributed by atoms with Gasteiger partial charge in [-0.05, 0) is 38.3 Å². The summed E-state index contributed by atoms with van der Waals surface area (Å²) in [6.07, 6.45) is 3.90. The summed E-state index contributed by atoms with van der Waals surface area (Å²) >= 11 is 0. The lowest BCUT2D eigenvalue weighted by molar-refractivity contribution is 0.0360. The first-order valence-electron chi connectivity index (χ1n) is 5.49. The van der Waals surface area contributed by atoms with Gasteiger partial charge in [0.1, 0.15) is 0 Å². The fourth-order valence-electron chi connectivity index (χ4n) is 3.45. The molecule has 4 rings (SSSR count). The fourth-order valence-corrected chi connectivity index (χ4v) is 3.45. The van der Waals surface area contributed by atoms with Gasteiger partial charge in [0.2, 0.25) is 0 Å². The van der Waals surface area contributed by atoms with E-state index < -0.39 is 0 Å². The molecule has 0 spiro atoms. The van der Waals surface area contributed by atoms with Gasteiger partial charge in [-0.3, -0.25) is 4.90 Å². The van der Waals surface area contributed by atoms with Crippen LogP contribution < -0.4 is 5.32 Å². The molecule has 0 radical (unpaired) electrons. The van der Waals surface area contributed by atoms with Crippen LogP contribution in [0.3, 0.4) is 0 Å². The smallest absolute Gasteiger partial charge is 0.0585 e. The second-order valence-corrected chi connectivity index (χ2v) is 4.75. The van der Waals surface area contributed by atoms with Crippen molar-refractivity contribution in [2.75, 3.05) is 19.7 Å². The van der Waals surface area contributed by atoms with Crippen LogP contribution in [0.4, 0.5) is 0 Å². The summed E-state index contributed by atoms with van der Waals surface area (Å²) in [5.41, 5.74) is 0. The van der Waals surface area contributed by atoms with Gasteiger partial charge in [-0.15, -0.1) is 0 Å². The van der Waals surface area contributed by atoms with Crippen molar-refractivity contribution in [1.29, 1.82) is 0 Å². The van der Waals surface area contributed by atoms with E-state index in [2.05, 4.69) is 10.2 Å². The zero-order chi connectivity index (χ0) is 8.84. The van der Waals surface area contributed by atoms with E-state index in [4.69, 9.17) is 5.11 Å². The molecule has 4 heterocycles. The molecule has 4 aliphatic heterocycles. The van der Waals surface area contributed by atoms with Crippen LogP contribution in [0.1, 0.15) is 19.3 Å². The molecular weight excluding hydrogens is 164 g/mol. The van der Waals surface area contributed by atoms with Crippen molar-refractivity contribution in [3.63, 3.8) is 0 Å². The Bertz CT molecular complexity index is 181. The maximum absolute atomic E-state index is 9.12. The molecule has 4 saturated heterocycles. The first kappa shape index (κ1) is 8.21. The van der Waals surface area contributed by atoms with Crippen LogP contribution in [-0.2, 0) is 0 Å². The first-order chi connectivity index (χ1) is 6.38. The molecule has 0 aromatic rings. The van der Waals surface area contributed by atoms with E-state index in [9.17, 15) is 0 Å². The highest BCUT2D eigenvalue weighted by molar-refractivity contribution is 5.05. The highest BCUT2D eigenvalue weighted by Gasteiger charge is 2.46. The number of fused-ring (bicyclic) bond motifs is 2. The Morgan fingerprint density at radius 1 is 1.31 bits per heavy atom. The third kappa shape index (κ3) is 1.14. The van der Waals surface area contributed by atoms with Crippen LogP contribution in [0.5, 0.6) is 0 Å². The number of hydrogen-bond donors (Lipinski definition) is 2. The average molecular weight is 182 g/mol. The summed E-state index contributed by atoms with van der Waals surface area (Å²) in [5.74, 6) is 0.895. The molecule has 13 heavy (non-hydrogen) atoms. The van der Waals surface area contributed by atoms with Crippen molar-refractivity contribution >= 4 is 0 Å². The van der Waals surface area contributed by atoms with Crippen LogP contribution in [0.25, 0.3) is 0 Å². The van der Waals surface area contributed by atoms with Gasteiger partial charge in [0.05, 0.1) is 6.61 Å². The molecule has 4 aliphatic rings. The number of rotatable bonds is 1. The van der Waals surface area contributed by atoms with Gasteiger partial charge in [-0.25, -0.2) is 0 Å². The lowest BCUT2D eigenvalue weighted by Gasteiger charge is -2.48. The van der Waals surface area contributed by atoms with Crippen molar-refractivity contribution in [2.24, 2.45) is 5.92 Å². The summed E-state index contributed by atoms with van der Waals surface area (Å²) in [7, 11) is 0. The number of nitrogens with zero attached hydrogens (tertiary/aromatic N) is 1. The van der Waals surface area contributed by atoms with Gasteiger partial charge in [-0.2, -0.15) is 0 Å². The Morgan fingerprint density at radius 2 is 2.08 bits per heavy atom. The second kappa shape index (κ2) is 2.94. The van der Waals surface area contributed by atoms with Crippen LogP contribution in [0.15, 0.2) is 0 Å². The quantitative estimate of drug-likeness (QED) is 0.590. The molecule has 0 aromatic heterocycles. The summed E-state index contributed by atoms with van der Waals surface area (Å²) in [6.45, 7) is 2.91. The molecule has 3 unspecified atom stereocenters. The second-order valence-electron chi connectivity index (χ2n) is 4.75. The first-order valence-corrected chi connectivity index (χ1v) is 5.49. The summed E-state index contributed by atoms with van der Waals surface area (Å²) < 4.78 is 0. The van der Waals surface area contributed by atoms with E-state index in [1.54, 1.807) is 0 Å². The number of hydrogen-bond acceptors (Lipinski definition) is 3. The van der Waals surface area contributed by atoms with Crippen LogP contribution in [0.2, 0.25) is 0 Å². The van der Waals surface area contributed by atoms with Crippen LogP contribution >= 0.6 is 0 Å². The Kier molecular flexibility index (Phi) is 1.86. The lowest BCUT2D eigenvalue weighted by Crippen LogP contribution is -2.58. The standard InChI is InChI=1S/C10H18N2O/c13-6-8-5-9-10(11-8)7-1-3-12(9)4-2-7/h7-11,13H,1-6H2. The topological polar surface area (TPSA) is 35.5 Å². The normalized spacial score (nSPS) is 53.8. The maximum atomic E-state index is 9.12. The van der Waals surface area contributed by atoms with Crippen molar-refractivity contribution in [1.82, 2.24) is 10.2 Å². The van der Waals surface area contributed by atoms with E-state index in [0.29, 0.717) is 18.7 Å². The van der Waals surface area contributed by atoms with Crippen molar-refractivity contribution in [3.05, 3.63) is 0 Å². The van der Waals surface area contributed by atoms with Crippen molar-refractivity contribution in [2.45, 2.75) is 37.4 Å². The van der Waals surface area contributed by atoms with E-state index >= 15 is 0 Å². The Morgan fingerprint density at radius 3 is 2.69 bits per heavy atom. The minimum absolute atomic E-state index is 0.313. The predicted molar refractivity (Wildman–Crippen MR) is 50.5 cm³/mol. The van der Waals surface area contributed by atoms with E-state index in [-0.39, 0.29) is 0 Å². The van der Waals surface area contributed by atoms with E-state index in [1.165, 1.54) is 25.9 Å². The molecule has 0 aromatic carbocycles. The SMILES string of the molecule is OCC1CC2C(N1)C1CCN2CC1. The Balaban J connectivity index is 1.79. The number of nitrogens with one attached hydrogen (secondary N) is 1. The molecule has 3 heteroatoms. The number of aliphatic hydroxyl groups is 1. The highest BCUT2D eigenvalue weighted by atomic mass is 16.3. The van der Waals surface area contributed by atoms with Crippen molar-refractivity contribution in [3.8, 4) is 0 Å². The summed E-state index contributed by atoms with van der Waals surface area (Å²) in [5, 5.41) is 12.7. The van der Waals surface area contributed by atoms with Crippen LogP contribution in [-0.4, -0.2) is 47.8 Å². The van der Waals surface area contributed by atoms with E-state index in [0.717, 1.165) is 18.4 Å². The molecule has 0 saturated carbocycles.